The second-order valence-electron chi connectivity index (χ2n) is 10.4. The predicted molar refractivity (Wildman–Crippen MR) is 134 cm³/mol. The van der Waals surface area contributed by atoms with Crippen molar-refractivity contribution in [1.82, 2.24) is 5.32 Å². The third kappa shape index (κ3) is 5.11. The summed E-state index contributed by atoms with van der Waals surface area (Å²) >= 11 is 0. The van der Waals surface area contributed by atoms with Crippen molar-refractivity contribution in [1.29, 1.82) is 0 Å². The van der Waals surface area contributed by atoms with Gasteiger partial charge in [0, 0.05) is 37.8 Å². The minimum atomic E-state index is -0.854. The average Bonchev–Trinajstić information content (AvgIpc) is 3.38. The van der Waals surface area contributed by atoms with Crippen molar-refractivity contribution >= 4 is 11.7 Å². The molecular weight excluding hydrogens is 408 g/mol. The van der Waals surface area contributed by atoms with Crippen molar-refractivity contribution in [2.75, 3.05) is 24.5 Å². The number of fused-ring (bicyclic) bond motifs is 1. The number of carbonyl (C=O) groups is 1. The highest BCUT2D eigenvalue weighted by Gasteiger charge is 2.30. The summed E-state index contributed by atoms with van der Waals surface area (Å²) < 4.78 is 0. The molecule has 2 aromatic carbocycles. The molecule has 1 aliphatic carbocycles. The highest BCUT2D eigenvalue weighted by atomic mass is 16.4. The molecule has 33 heavy (non-hydrogen) atoms. The summed E-state index contributed by atoms with van der Waals surface area (Å²) in [5.74, 6) is 1.07. The number of benzene rings is 2. The highest BCUT2D eigenvalue weighted by molar-refractivity contribution is 5.87. The number of anilines is 1. The first kappa shape index (κ1) is 22.5. The highest BCUT2D eigenvalue weighted by Crippen LogP contribution is 2.40. The Hall–Kier alpha value is -2.33. The van der Waals surface area contributed by atoms with E-state index in [9.17, 15) is 9.90 Å². The number of carboxylic acid groups (broad SMARTS) is 1. The third-order valence-corrected chi connectivity index (χ3v) is 8.36. The zero-order chi connectivity index (χ0) is 22.6. The van der Waals surface area contributed by atoms with Crippen molar-refractivity contribution in [3.8, 4) is 0 Å². The molecule has 1 saturated carbocycles. The SMILES string of the molecule is O=C(O)c1ccc(C2CCN(c3ccc4c(c3)C(C3CCCCCCCC3)CNC4)C2)cc1. The fraction of sp³-hybridized carbons (Fsp3) is 0.552. The molecule has 5 rings (SSSR count). The standard InChI is InChI=1S/C29H38N2O2/c32-29(33)23-11-9-21(10-12-23)25-15-16-31(20-25)26-14-13-24-18-30-19-28(27(24)17-26)22-7-5-3-1-2-4-6-8-22/h9-14,17,22,25,28,30H,1-8,15-16,18-20H2,(H,32,33). The third-order valence-electron chi connectivity index (χ3n) is 8.36. The fourth-order valence-electron chi connectivity index (χ4n) is 6.41. The van der Waals surface area contributed by atoms with Crippen molar-refractivity contribution in [2.24, 2.45) is 5.92 Å². The molecule has 4 nitrogen and oxygen atoms in total. The summed E-state index contributed by atoms with van der Waals surface area (Å²) in [5.41, 5.74) is 6.09. The number of aromatic carboxylic acids is 1. The molecule has 0 radical (unpaired) electrons. The van der Waals surface area contributed by atoms with Gasteiger partial charge in [-0.05, 0) is 72.1 Å². The van der Waals surface area contributed by atoms with E-state index in [1.54, 1.807) is 17.7 Å². The molecule has 2 unspecified atom stereocenters. The maximum Gasteiger partial charge on any atom is 0.335 e. The first-order valence-electron chi connectivity index (χ1n) is 13.1. The Morgan fingerprint density at radius 3 is 2.36 bits per heavy atom. The van der Waals surface area contributed by atoms with Crippen LogP contribution in [0.4, 0.5) is 5.69 Å². The van der Waals surface area contributed by atoms with Crippen LogP contribution in [0.2, 0.25) is 0 Å². The maximum absolute atomic E-state index is 11.2. The number of nitrogens with one attached hydrogen (secondary N) is 1. The van der Waals surface area contributed by atoms with E-state index in [2.05, 4.69) is 28.4 Å². The van der Waals surface area contributed by atoms with Gasteiger partial charge in [-0.25, -0.2) is 4.79 Å². The molecule has 2 aromatic rings. The van der Waals surface area contributed by atoms with Crippen LogP contribution < -0.4 is 10.2 Å². The zero-order valence-corrected chi connectivity index (χ0v) is 19.8. The van der Waals surface area contributed by atoms with Crippen molar-refractivity contribution < 1.29 is 9.90 Å². The zero-order valence-electron chi connectivity index (χ0n) is 19.8. The van der Waals surface area contributed by atoms with Gasteiger partial charge in [-0.3, -0.25) is 0 Å². The van der Waals surface area contributed by atoms with E-state index in [-0.39, 0.29) is 0 Å². The lowest BCUT2D eigenvalue weighted by atomic mass is 9.77. The van der Waals surface area contributed by atoms with E-state index in [1.807, 2.05) is 12.1 Å². The van der Waals surface area contributed by atoms with Gasteiger partial charge in [0.1, 0.15) is 0 Å². The second-order valence-corrected chi connectivity index (χ2v) is 10.4. The van der Waals surface area contributed by atoms with E-state index in [4.69, 9.17) is 0 Å². The van der Waals surface area contributed by atoms with Crippen LogP contribution in [0.15, 0.2) is 42.5 Å². The minimum absolute atomic E-state index is 0.368. The van der Waals surface area contributed by atoms with E-state index in [1.165, 1.54) is 68.2 Å². The fourth-order valence-corrected chi connectivity index (χ4v) is 6.41. The van der Waals surface area contributed by atoms with Crippen molar-refractivity contribution in [2.45, 2.75) is 76.2 Å². The monoisotopic (exact) mass is 446 g/mol. The summed E-state index contributed by atoms with van der Waals surface area (Å²) in [4.78, 5) is 13.7. The Morgan fingerprint density at radius 1 is 0.909 bits per heavy atom. The molecule has 0 amide bonds. The number of nitrogens with zero attached hydrogens (tertiary/aromatic N) is 1. The quantitative estimate of drug-likeness (QED) is 0.577. The van der Waals surface area contributed by atoms with E-state index in [0.29, 0.717) is 17.4 Å². The number of hydrogen-bond acceptors (Lipinski definition) is 3. The Labute approximate surface area is 198 Å². The van der Waals surface area contributed by atoms with Crippen molar-refractivity contribution in [3.63, 3.8) is 0 Å². The van der Waals surface area contributed by atoms with Crippen molar-refractivity contribution in [3.05, 3.63) is 64.7 Å². The van der Waals surface area contributed by atoms with Crippen LogP contribution in [0.1, 0.15) is 96.7 Å². The summed E-state index contributed by atoms with van der Waals surface area (Å²) in [6, 6.07) is 14.7. The molecule has 2 heterocycles. The van der Waals surface area contributed by atoms with Gasteiger partial charge in [-0.2, -0.15) is 0 Å². The van der Waals surface area contributed by atoms with E-state index < -0.39 is 5.97 Å². The van der Waals surface area contributed by atoms with Gasteiger partial charge in [-0.15, -0.1) is 0 Å². The Bertz CT molecular complexity index is 945. The molecule has 2 aliphatic heterocycles. The van der Waals surface area contributed by atoms with Crippen LogP contribution in [0.25, 0.3) is 0 Å². The van der Waals surface area contributed by atoms with Crippen LogP contribution in [-0.2, 0) is 6.54 Å². The number of hydrogen-bond donors (Lipinski definition) is 2. The smallest absolute Gasteiger partial charge is 0.335 e. The molecular formula is C29H38N2O2. The minimum Gasteiger partial charge on any atom is -0.478 e. The number of carboxylic acids is 1. The number of rotatable bonds is 4. The lowest BCUT2D eigenvalue weighted by molar-refractivity contribution is 0.0697. The summed E-state index contributed by atoms with van der Waals surface area (Å²) in [7, 11) is 0. The summed E-state index contributed by atoms with van der Waals surface area (Å²) in [6.07, 6.45) is 12.3. The lowest BCUT2D eigenvalue weighted by Crippen LogP contribution is -2.33. The topological polar surface area (TPSA) is 52.6 Å². The van der Waals surface area contributed by atoms with Gasteiger partial charge < -0.3 is 15.3 Å². The largest absolute Gasteiger partial charge is 0.478 e. The Morgan fingerprint density at radius 2 is 1.64 bits per heavy atom. The summed E-state index contributed by atoms with van der Waals surface area (Å²) in [6.45, 7) is 4.20. The molecule has 0 spiro atoms. The average molecular weight is 447 g/mol. The molecule has 2 atom stereocenters. The summed E-state index contributed by atoms with van der Waals surface area (Å²) in [5, 5.41) is 12.9. The first-order valence-corrected chi connectivity index (χ1v) is 13.1. The Balaban J connectivity index is 1.32. The van der Waals surface area contributed by atoms with Gasteiger partial charge in [0.2, 0.25) is 0 Å². The predicted octanol–water partition coefficient (Wildman–Crippen LogP) is 6.32. The van der Waals surface area contributed by atoms with Crippen LogP contribution in [0.3, 0.4) is 0 Å². The first-order chi connectivity index (χ1) is 16.2. The van der Waals surface area contributed by atoms with Crippen LogP contribution in [0, 0.1) is 5.92 Å². The van der Waals surface area contributed by atoms with E-state index >= 15 is 0 Å². The maximum atomic E-state index is 11.2. The molecule has 176 valence electrons. The molecule has 0 bridgehead atoms. The van der Waals surface area contributed by atoms with Gasteiger partial charge >= 0.3 is 5.97 Å². The molecule has 2 fully saturated rings. The van der Waals surface area contributed by atoms with Gasteiger partial charge in [-0.1, -0.05) is 56.7 Å². The van der Waals surface area contributed by atoms with Gasteiger partial charge in [0.15, 0.2) is 0 Å². The normalized spacial score (nSPS) is 24.5. The molecule has 2 N–H and O–H groups in total. The van der Waals surface area contributed by atoms with Crippen LogP contribution >= 0.6 is 0 Å². The van der Waals surface area contributed by atoms with Gasteiger partial charge in [0.05, 0.1) is 5.56 Å². The molecule has 1 saturated heterocycles. The molecule has 0 aromatic heterocycles. The lowest BCUT2D eigenvalue weighted by Gasteiger charge is -2.34. The molecule has 4 heteroatoms. The van der Waals surface area contributed by atoms with Crippen LogP contribution in [-0.4, -0.2) is 30.7 Å². The molecule has 3 aliphatic rings. The second kappa shape index (κ2) is 10.3. The Kier molecular flexibility index (Phi) is 7.01. The van der Waals surface area contributed by atoms with E-state index in [0.717, 1.165) is 38.5 Å². The van der Waals surface area contributed by atoms with Gasteiger partial charge in [0.25, 0.3) is 0 Å². The van der Waals surface area contributed by atoms with Crippen LogP contribution in [0.5, 0.6) is 0 Å².